The SMILES string of the molecule is CC(C)(C)n1c(CC2(N)CCC2)nc2ccccc21. The molecule has 3 heteroatoms. The van der Waals surface area contributed by atoms with Crippen molar-refractivity contribution >= 4 is 11.0 Å². The molecule has 2 aromatic rings. The highest BCUT2D eigenvalue weighted by molar-refractivity contribution is 5.76. The Morgan fingerprint density at radius 2 is 1.95 bits per heavy atom. The van der Waals surface area contributed by atoms with Crippen molar-refractivity contribution in [3.8, 4) is 0 Å². The van der Waals surface area contributed by atoms with Gasteiger partial charge in [-0.25, -0.2) is 4.98 Å². The molecule has 1 aromatic heterocycles. The highest BCUT2D eigenvalue weighted by Gasteiger charge is 2.35. The van der Waals surface area contributed by atoms with E-state index < -0.39 is 0 Å². The second-order valence-electron chi connectivity index (χ2n) is 6.92. The topological polar surface area (TPSA) is 43.8 Å². The molecule has 0 spiro atoms. The number of para-hydroxylation sites is 2. The number of imidazole rings is 1. The third-order valence-electron chi connectivity index (χ3n) is 4.16. The first-order valence-corrected chi connectivity index (χ1v) is 7.15. The van der Waals surface area contributed by atoms with Gasteiger partial charge in [-0.3, -0.25) is 0 Å². The minimum atomic E-state index is -0.0234. The second kappa shape index (κ2) is 4.07. The first-order valence-electron chi connectivity index (χ1n) is 7.15. The summed E-state index contributed by atoms with van der Waals surface area (Å²) in [4.78, 5) is 4.83. The van der Waals surface area contributed by atoms with Crippen molar-refractivity contribution in [1.29, 1.82) is 0 Å². The summed E-state index contributed by atoms with van der Waals surface area (Å²) in [5, 5.41) is 0. The molecular formula is C16H23N3. The van der Waals surface area contributed by atoms with Gasteiger partial charge in [0, 0.05) is 17.5 Å². The molecule has 0 aliphatic heterocycles. The van der Waals surface area contributed by atoms with Gasteiger partial charge in [-0.05, 0) is 52.2 Å². The van der Waals surface area contributed by atoms with E-state index in [2.05, 4.69) is 43.5 Å². The number of hydrogen-bond donors (Lipinski definition) is 1. The highest BCUT2D eigenvalue weighted by Crippen LogP contribution is 2.34. The zero-order valence-electron chi connectivity index (χ0n) is 12.1. The van der Waals surface area contributed by atoms with E-state index in [9.17, 15) is 0 Å². The van der Waals surface area contributed by atoms with Gasteiger partial charge in [-0.1, -0.05) is 12.1 Å². The van der Waals surface area contributed by atoms with Crippen molar-refractivity contribution in [3.63, 3.8) is 0 Å². The quantitative estimate of drug-likeness (QED) is 0.897. The maximum atomic E-state index is 6.42. The van der Waals surface area contributed by atoms with Crippen LogP contribution in [0, 0.1) is 0 Å². The Kier molecular flexibility index (Phi) is 2.72. The molecule has 2 N–H and O–H groups in total. The Morgan fingerprint density at radius 1 is 1.26 bits per heavy atom. The van der Waals surface area contributed by atoms with Crippen molar-refractivity contribution in [1.82, 2.24) is 9.55 Å². The number of fused-ring (bicyclic) bond motifs is 1. The van der Waals surface area contributed by atoms with Gasteiger partial charge in [0.2, 0.25) is 0 Å². The van der Waals surface area contributed by atoms with Gasteiger partial charge in [-0.2, -0.15) is 0 Å². The van der Waals surface area contributed by atoms with Crippen molar-refractivity contribution in [3.05, 3.63) is 30.1 Å². The lowest BCUT2D eigenvalue weighted by Gasteiger charge is -2.38. The van der Waals surface area contributed by atoms with Crippen LogP contribution in [0.1, 0.15) is 45.9 Å². The standard InChI is InChI=1S/C16H23N3/c1-15(2,3)19-13-8-5-4-7-12(13)18-14(19)11-16(17)9-6-10-16/h4-5,7-8H,6,9-11,17H2,1-3H3. The van der Waals surface area contributed by atoms with E-state index in [1.54, 1.807) is 0 Å². The zero-order chi connectivity index (χ0) is 13.7. The van der Waals surface area contributed by atoms with E-state index in [0.29, 0.717) is 0 Å². The number of hydrogen-bond acceptors (Lipinski definition) is 2. The Balaban J connectivity index is 2.12. The van der Waals surface area contributed by atoms with Crippen LogP contribution in [0.2, 0.25) is 0 Å². The summed E-state index contributed by atoms with van der Waals surface area (Å²) in [7, 11) is 0. The van der Waals surface area contributed by atoms with E-state index >= 15 is 0 Å². The monoisotopic (exact) mass is 257 g/mol. The third kappa shape index (κ3) is 2.16. The minimum Gasteiger partial charge on any atom is -0.325 e. The Bertz CT molecular complexity index is 600. The molecule has 102 valence electrons. The van der Waals surface area contributed by atoms with Gasteiger partial charge >= 0.3 is 0 Å². The summed E-state index contributed by atoms with van der Waals surface area (Å²) in [6, 6.07) is 8.37. The molecule has 3 rings (SSSR count). The minimum absolute atomic E-state index is 0.0234. The molecule has 0 bridgehead atoms. The van der Waals surface area contributed by atoms with Crippen molar-refractivity contribution in [2.75, 3.05) is 0 Å². The molecule has 0 amide bonds. The molecule has 0 atom stereocenters. The number of aromatic nitrogens is 2. The van der Waals surface area contributed by atoms with E-state index in [4.69, 9.17) is 10.7 Å². The lowest BCUT2D eigenvalue weighted by atomic mass is 9.75. The molecule has 19 heavy (non-hydrogen) atoms. The van der Waals surface area contributed by atoms with Crippen molar-refractivity contribution in [2.24, 2.45) is 5.73 Å². The summed E-state index contributed by atoms with van der Waals surface area (Å²) in [6.45, 7) is 6.69. The molecule has 1 aromatic carbocycles. The van der Waals surface area contributed by atoms with Gasteiger partial charge < -0.3 is 10.3 Å². The average Bonchev–Trinajstić information content (AvgIpc) is 2.64. The second-order valence-corrected chi connectivity index (χ2v) is 6.92. The molecule has 1 aliphatic rings. The first kappa shape index (κ1) is 12.7. The van der Waals surface area contributed by atoms with E-state index in [1.807, 2.05) is 6.07 Å². The van der Waals surface area contributed by atoms with Crippen molar-refractivity contribution in [2.45, 2.75) is 57.5 Å². The number of rotatable bonds is 2. The number of nitrogens with zero attached hydrogens (tertiary/aromatic N) is 2. The molecule has 3 nitrogen and oxygen atoms in total. The highest BCUT2D eigenvalue weighted by atomic mass is 15.1. The largest absolute Gasteiger partial charge is 0.325 e. The number of benzene rings is 1. The van der Waals surface area contributed by atoms with Gasteiger partial charge in [-0.15, -0.1) is 0 Å². The van der Waals surface area contributed by atoms with Gasteiger partial charge in [0.15, 0.2) is 0 Å². The lowest BCUT2D eigenvalue weighted by molar-refractivity contribution is 0.236. The molecule has 0 unspecified atom stereocenters. The van der Waals surface area contributed by atoms with Crippen LogP contribution < -0.4 is 5.73 Å². The van der Waals surface area contributed by atoms with Crippen LogP contribution in [0.3, 0.4) is 0 Å². The summed E-state index contributed by atoms with van der Waals surface area (Å²) >= 11 is 0. The maximum Gasteiger partial charge on any atom is 0.112 e. The van der Waals surface area contributed by atoms with E-state index in [0.717, 1.165) is 30.6 Å². The van der Waals surface area contributed by atoms with E-state index in [-0.39, 0.29) is 11.1 Å². The summed E-state index contributed by atoms with van der Waals surface area (Å²) < 4.78 is 2.36. The van der Waals surface area contributed by atoms with Crippen LogP contribution in [0.15, 0.2) is 24.3 Å². The molecular weight excluding hydrogens is 234 g/mol. The molecule has 1 saturated carbocycles. The summed E-state index contributed by atoms with van der Waals surface area (Å²) in [6.07, 6.45) is 4.39. The molecule has 0 radical (unpaired) electrons. The Labute approximate surface area is 114 Å². The van der Waals surface area contributed by atoms with Crippen LogP contribution in [-0.2, 0) is 12.0 Å². The predicted molar refractivity (Wildman–Crippen MR) is 79.2 cm³/mol. The van der Waals surface area contributed by atoms with Gasteiger partial charge in [0.05, 0.1) is 11.0 Å². The summed E-state index contributed by atoms with van der Waals surface area (Å²) in [5.74, 6) is 1.14. The fraction of sp³-hybridized carbons (Fsp3) is 0.562. The zero-order valence-corrected chi connectivity index (χ0v) is 12.1. The van der Waals surface area contributed by atoms with Crippen LogP contribution >= 0.6 is 0 Å². The molecule has 0 saturated heterocycles. The van der Waals surface area contributed by atoms with E-state index in [1.165, 1.54) is 11.9 Å². The normalized spacial score (nSPS) is 18.5. The average molecular weight is 257 g/mol. The van der Waals surface area contributed by atoms with Crippen LogP contribution in [-0.4, -0.2) is 15.1 Å². The predicted octanol–water partition coefficient (Wildman–Crippen LogP) is 3.22. The lowest BCUT2D eigenvalue weighted by Crippen LogP contribution is -2.49. The maximum absolute atomic E-state index is 6.42. The molecule has 1 heterocycles. The Morgan fingerprint density at radius 3 is 2.53 bits per heavy atom. The first-order chi connectivity index (χ1) is 8.89. The fourth-order valence-electron chi connectivity index (χ4n) is 3.07. The fourth-order valence-corrected chi connectivity index (χ4v) is 3.07. The van der Waals surface area contributed by atoms with Crippen LogP contribution in [0.25, 0.3) is 11.0 Å². The number of nitrogens with two attached hydrogens (primary N) is 1. The smallest absolute Gasteiger partial charge is 0.112 e. The van der Waals surface area contributed by atoms with Gasteiger partial charge in [0.25, 0.3) is 0 Å². The van der Waals surface area contributed by atoms with Crippen molar-refractivity contribution < 1.29 is 0 Å². The summed E-state index contributed by atoms with van der Waals surface area (Å²) in [5.41, 5.74) is 8.72. The van der Waals surface area contributed by atoms with Crippen LogP contribution in [0.4, 0.5) is 0 Å². The Hall–Kier alpha value is -1.35. The van der Waals surface area contributed by atoms with Crippen LogP contribution in [0.5, 0.6) is 0 Å². The third-order valence-corrected chi connectivity index (χ3v) is 4.16. The molecule has 1 fully saturated rings. The van der Waals surface area contributed by atoms with Gasteiger partial charge in [0.1, 0.15) is 5.82 Å². The molecule has 1 aliphatic carbocycles.